The van der Waals surface area contributed by atoms with Crippen LogP contribution in [-0.4, -0.2) is 59.3 Å². The lowest BCUT2D eigenvalue weighted by Crippen LogP contribution is -2.58. The summed E-state index contributed by atoms with van der Waals surface area (Å²) in [6.07, 6.45) is 2.23. The summed E-state index contributed by atoms with van der Waals surface area (Å²) in [5.74, 6) is -1.31. The third-order valence-electron chi connectivity index (χ3n) is 6.79. The highest BCUT2D eigenvalue weighted by molar-refractivity contribution is 14.1. The normalized spacial score (nSPS) is 34.5. The largest absolute Gasteiger partial charge is 0.458 e. The zero-order chi connectivity index (χ0) is 22.5. The van der Waals surface area contributed by atoms with Gasteiger partial charge in [0.05, 0.1) is 18.6 Å². The summed E-state index contributed by atoms with van der Waals surface area (Å²) in [6, 6.07) is 7.34. The SMILES string of the molecule is NC(=O)CCCCCNC(=O)[C@]12C[C@@H]3O[C@@H]3[C@H]3OC(=O)[C@H]([C@H]31)N(Cc1ccc(I)cc1)O2. The lowest BCUT2D eigenvalue weighted by molar-refractivity contribution is -0.229. The molecule has 1 aromatic rings. The minimum Gasteiger partial charge on any atom is -0.458 e. The third kappa shape index (κ3) is 3.91. The van der Waals surface area contributed by atoms with Crippen LogP contribution in [0.1, 0.15) is 37.7 Å². The smallest absolute Gasteiger partial charge is 0.326 e. The number of carbonyl (C=O) groups is 3. The molecule has 4 fully saturated rings. The summed E-state index contributed by atoms with van der Waals surface area (Å²) in [5.41, 5.74) is 4.97. The number of hydroxylamine groups is 2. The van der Waals surface area contributed by atoms with Crippen LogP contribution in [0.25, 0.3) is 0 Å². The van der Waals surface area contributed by atoms with Crippen LogP contribution in [0, 0.1) is 9.49 Å². The van der Waals surface area contributed by atoms with E-state index >= 15 is 0 Å². The van der Waals surface area contributed by atoms with Crippen molar-refractivity contribution in [3.05, 3.63) is 33.4 Å². The molecule has 0 radical (unpaired) electrons. The molecule has 2 amide bonds. The second-order valence-corrected chi connectivity index (χ2v) is 10.2. The number of nitrogens with one attached hydrogen (secondary N) is 1. The van der Waals surface area contributed by atoms with Crippen molar-refractivity contribution in [1.29, 1.82) is 0 Å². The Morgan fingerprint density at radius 2 is 1.97 bits per heavy atom. The monoisotopic (exact) mass is 555 g/mol. The molecule has 0 bridgehead atoms. The molecule has 0 aromatic heterocycles. The van der Waals surface area contributed by atoms with E-state index in [-0.39, 0.29) is 30.0 Å². The van der Waals surface area contributed by atoms with Crippen molar-refractivity contribution in [3.63, 3.8) is 0 Å². The maximum absolute atomic E-state index is 13.4. The van der Waals surface area contributed by atoms with Crippen molar-refractivity contribution in [3.8, 4) is 0 Å². The Hall–Kier alpha value is -1.76. The van der Waals surface area contributed by atoms with Crippen molar-refractivity contribution in [2.24, 2.45) is 11.7 Å². The van der Waals surface area contributed by atoms with E-state index in [2.05, 4.69) is 27.9 Å². The van der Waals surface area contributed by atoms with Gasteiger partial charge in [-0.2, -0.15) is 5.06 Å². The lowest BCUT2D eigenvalue weighted by atomic mass is 9.71. The first kappa shape index (κ1) is 22.1. The average Bonchev–Trinajstić information content (AvgIpc) is 3.32. The number of halogens is 1. The molecule has 0 spiro atoms. The zero-order valence-corrected chi connectivity index (χ0v) is 19.7. The third-order valence-corrected chi connectivity index (χ3v) is 7.51. The predicted octanol–water partition coefficient (Wildman–Crippen LogP) is 1.02. The molecule has 32 heavy (non-hydrogen) atoms. The van der Waals surface area contributed by atoms with Gasteiger partial charge in [0.25, 0.3) is 5.91 Å². The fourth-order valence-electron chi connectivity index (χ4n) is 5.24. The first-order chi connectivity index (χ1) is 15.4. The van der Waals surface area contributed by atoms with Gasteiger partial charge in [-0.05, 0) is 53.1 Å². The van der Waals surface area contributed by atoms with E-state index in [0.717, 1.165) is 22.0 Å². The van der Waals surface area contributed by atoms with Crippen LogP contribution in [0.5, 0.6) is 0 Å². The highest BCUT2D eigenvalue weighted by Gasteiger charge is 2.76. The molecule has 1 aromatic carbocycles. The molecule has 1 aliphatic carbocycles. The summed E-state index contributed by atoms with van der Waals surface area (Å²) in [4.78, 5) is 43.4. The van der Waals surface area contributed by atoms with E-state index in [1.165, 1.54) is 0 Å². The second kappa shape index (κ2) is 8.54. The fraction of sp³-hybridized carbons (Fsp3) is 0.591. The maximum Gasteiger partial charge on any atom is 0.326 e. The summed E-state index contributed by atoms with van der Waals surface area (Å²) in [7, 11) is 0. The van der Waals surface area contributed by atoms with E-state index in [1.807, 2.05) is 24.3 Å². The maximum atomic E-state index is 13.4. The number of carbonyl (C=O) groups excluding carboxylic acids is 3. The Morgan fingerprint density at radius 1 is 1.19 bits per heavy atom. The van der Waals surface area contributed by atoms with Crippen LogP contribution in [0.2, 0.25) is 0 Å². The highest BCUT2D eigenvalue weighted by atomic mass is 127. The van der Waals surface area contributed by atoms with Crippen molar-refractivity contribution in [1.82, 2.24) is 10.4 Å². The average molecular weight is 555 g/mol. The van der Waals surface area contributed by atoms with Gasteiger partial charge in [0, 0.05) is 23.0 Å². The van der Waals surface area contributed by atoms with Crippen molar-refractivity contribution >= 4 is 40.4 Å². The lowest BCUT2D eigenvalue weighted by Gasteiger charge is -2.35. The molecular weight excluding hydrogens is 529 g/mol. The number of epoxide rings is 1. The van der Waals surface area contributed by atoms with Crippen LogP contribution in [0.3, 0.4) is 0 Å². The number of amides is 2. The molecule has 3 aliphatic heterocycles. The molecule has 172 valence electrons. The van der Waals surface area contributed by atoms with Gasteiger partial charge in [-0.3, -0.25) is 19.2 Å². The molecule has 0 unspecified atom stereocenters. The molecule has 3 saturated heterocycles. The van der Waals surface area contributed by atoms with Crippen LogP contribution in [-0.2, 0) is 35.2 Å². The van der Waals surface area contributed by atoms with E-state index in [9.17, 15) is 14.4 Å². The van der Waals surface area contributed by atoms with Crippen LogP contribution < -0.4 is 11.1 Å². The molecule has 4 aliphatic rings. The quantitative estimate of drug-likeness (QED) is 0.202. The van der Waals surface area contributed by atoms with E-state index < -0.39 is 23.7 Å². The number of nitrogens with two attached hydrogens (primary N) is 1. The van der Waals surface area contributed by atoms with Gasteiger partial charge in [-0.25, -0.2) is 0 Å². The molecule has 3 N–H and O–H groups in total. The fourth-order valence-corrected chi connectivity index (χ4v) is 5.60. The molecule has 1 saturated carbocycles. The Kier molecular flexibility index (Phi) is 5.89. The number of ether oxygens (including phenoxy) is 2. The van der Waals surface area contributed by atoms with E-state index in [0.29, 0.717) is 32.4 Å². The van der Waals surface area contributed by atoms with Crippen LogP contribution in [0.4, 0.5) is 0 Å². The van der Waals surface area contributed by atoms with Gasteiger partial charge < -0.3 is 20.5 Å². The number of unbranched alkanes of at least 4 members (excludes halogenated alkanes) is 2. The molecule has 10 heteroatoms. The van der Waals surface area contributed by atoms with Gasteiger partial charge >= 0.3 is 5.97 Å². The van der Waals surface area contributed by atoms with Crippen LogP contribution >= 0.6 is 22.6 Å². The van der Waals surface area contributed by atoms with E-state index in [1.54, 1.807) is 5.06 Å². The second-order valence-electron chi connectivity index (χ2n) is 8.93. The summed E-state index contributed by atoms with van der Waals surface area (Å²) < 4.78 is 12.5. The number of fused-ring (bicyclic) bond motifs is 2. The number of hydrogen-bond acceptors (Lipinski definition) is 7. The number of esters is 1. The summed E-state index contributed by atoms with van der Waals surface area (Å²) >= 11 is 2.24. The topological polar surface area (TPSA) is 123 Å². The Balaban J connectivity index is 1.31. The number of primary amides is 1. The van der Waals surface area contributed by atoms with Crippen molar-refractivity contribution in [2.75, 3.05) is 6.54 Å². The Labute approximate surface area is 199 Å². The summed E-state index contributed by atoms with van der Waals surface area (Å²) in [5, 5.41) is 4.62. The molecule has 5 rings (SSSR count). The highest BCUT2D eigenvalue weighted by Crippen LogP contribution is 2.57. The number of benzene rings is 1. The van der Waals surface area contributed by atoms with Crippen LogP contribution in [0.15, 0.2) is 24.3 Å². The number of hydrogen-bond donors (Lipinski definition) is 2. The van der Waals surface area contributed by atoms with Gasteiger partial charge in [-0.15, -0.1) is 0 Å². The van der Waals surface area contributed by atoms with Gasteiger partial charge in [-0.1, -0.05) is 18.6 Å². The summed E-state index contributed by atoms with van der Waals surface area (Å²) in [6.45, 7) is 0.851. The first-order valence-electron chi connectivity index (χ1n) is 11.0. The minimum atomic E-state index is -1.18. The van der Waals surface area contributed by atoms with E-state index in [4.69, 9.17) is 20.0 Å². The molecule has 6 atom stereocenters. The zero-order valence-electron chi connectivity index (χ0n) is 17.5. The van der Waals surface area contributed by atoms with Gasteiger partial charge in [0.15, 0.2) is 5.60 Å². The van der Waals surface area contributed by atoms with Gasteiger partial charge in [0.2, 0.25) is 5.91 Å². The number of rotatable bonds is 9. The standard InChI is InChI=1S/C22H26IN3O6/c23-13-7-5-12(6-8-13)11-26-17-16-19(31-20(17)28)18-14(30-18)10-22(16,32-26)21(29)25-9-3-1-2-4-15(24)27/h5-8,14,16-19H,1-4,9-11H2,(H2,24,27)(H,25,29)/t14-,16+,17-,18-,19-,22-/m0/s1. The molecular formula is C22H26IN3O6. The molecule has 3 heterocycles. The minimum absolute atomic E-state index is 0.137. The van der Waals surface area contributed by atoms with Gasteiger partial charge in [0.1, 0.15) is 18.2 Å². The molecule has 9 nitrogen and oxygen atoms in total. The predicted molar refractivity (Wildman–Crippen MR) is 120 cm³/mol. The van der Waals surface area contributed by atoms with Crippen molar-refractivity contribution < 1.29 is 28.7 Å². The van der Waals surface area contributed by atoms with Crippen molar-refractivity contribution in [2.45, 2.75) is 68.6 Å². The Bertz CT molecular complexity index is 927. The number of nitrogens with zero attached hydrogens (tertiary/aromatic N) is 1. The Morgan fingerprint density at radius 3 is 2.72 bits per heavy atom. The first-order valence-corrected chi connectivity index (χ1v) is 12.1.